The minimum absolute atomic E-state index is 0.370. The van der Waals surface area contributed by atoms with Crippen molar-refractivity contribution in [1.29, 1.82) is 0 Å². The van der Waals surface area contributed by atoms with Crippen molar-refractivity contribution in [3.63, 3.8) is 0 Å². The third kappa shape index (κ3) is 3.43. The molecule has 1 aliphatic carbocycles. The predicted molar refractivity (Wildman–Crippen MR) is 71.0 cm³/mol. The molecule has 0 amide bonds. The summed E-state index contributed by atoms with van der Waals surface area (Å²) < 4.78 is 6.03. The Labute approximate surface area is 106 Å². The molecule has 2 N–H and O–H groups in total. The van der Waals surface area contributed by atoms with Crippen molar-refractivity contribution >= 4 is 0 Å². The number of rotatable bonds is 6. The highest BCUT2D eigenvalue weighted by Crippen LogP contribution is 2.33. The van der Waals surface area contributed by atoms with Crippen molar-refractivity contribution in [2.75, 3.05) is 13.1 Å². The molecule has 1 heterocycles. The summed E-state index contributed by atoms with van der Waals surface area (Å²) in [6.07, 6.45) is 5.88. The van der Waals surface area contributed by atoms with E-state index in [4.69, 9.17) is 10.5 Å². The monoisotopic (exact) mass is 240 g/mol. The Bertz CT molecular complexity index is 240. The van der Waals surface area contributed by atoms with E-state index in [9.17, 15) is 0 Å². The molecule has 0 radical (unpaired) electrons. The van der Waals surface area contributed by atoms with E-state index in [1.165, 1.54) is 32.2 Å². The first kappa shape index (κ1) is 13.3. The molecule has 3 heteroatoms. The highest BCUT2D eigenvalue weighted by molar-refractivity contribution is 4.94. The molecule has 2 fully saturated rings. The molecular formula is C14H28N2O. The normalized spacial score (nSPS) is 31.4. The Morgan fingerprint density at radius 1 is 1.24 bits per heavy atom. The minimum atomic E-state index is 0.370. The van der Waals surface area contributed by atoms with Crippen molar-refractivity contribution in [2.24, 2.45) is 11.7 Å². The highest BCUT2D eigenvalue weighted by atomic mass is 16.5. The van der Waals surface area contributed by atoms with Gasteiger partial charge < -0.3 is 10.5 Å². The average molecular weight is 240 g/mol. The third-order valence-electron chi connectivity index (χ3n) is 3.95. The Morgan fingerprint density at radius 3 is 2.35 bits per heavy atom. The molecule has 3 atom stereocenters. The lowest BCUT2D eigenvalue weighted by Gasteiger charge is -2.36. The largest absolute Gasteiger partial charge is 0.374 e. The van der Waals surface area contributed by atoms with Gasteiger partial charge >= 0.3 is 0 Å². The van der Waals surface area contributed by atoms with Gasteiger partial charge in [-0.3, -0.25) is 4.90 Å². The highest BCUT2D eigenvalue weighted by Gasteiger charge is 2.39. The quantitative estimate of drug-likeness (QED) is 0.772. The molecule has 1 saturated carbocycles. The minimum Gasteiger partial charge on any atom is -0.374 e. The third-order valence-corrected chi connectivity index (χ3v) is 3.95. The van der Waals surface area contributed by atoms with Gasteiger partial charge in [0.15, 0.2) is 0 Å². The molecule has 2 aliphatic rings. The fourth-order valence-corrected chi connectivity index (χ4v) is 3.00. The van der Waals surface area contributed by atoms with Crippen molar-refractivity contribution < 1.29 is 4.74 Å². The zero-order valence-corrected chi connectivity index (χ0v) is 11.6. The molecule has 2 rings (SSSR count). The Hall–Kier alpha value is -0.120. The van der Waals surface area contributed by atoms with E-state index in [-0.39, 0.29) is 0 Å². The molecule has 0 aromatic heterocycles. The van der Waals surface area contributed by atoms with Gasteiger partial charge in [0.05, 0.1) is 12.2 Å². The first-order valence-electron chi connectivity index (χ1n) is 7.23. The SMILES string of the molecule is CC(C)CN(C1CC1)C(CN)C1CCC(C)O1. The molecule has 0 spiro atoms. The van der Waals surface area contributed by atoms with Crippen LogP contribution in [0.15, 0.2) is 0 Å². The summed E-state index contributed by atoms with van der Waals surface area (Å²) in [5.74, 6) is 0.712. The first-order valence-corrected chi connectivity index (χ1v) is 7.23. The van der Waals surface area contributed by atoms with E-state index in [0.717, 1.165) is 12.6 Å². The molecular weight excluding hydrogens is 212 g/mol. The van der Waals surface area contributed by atoms with Crippen LogP contribution in [0.25, 0.3) is 0 Å². The number of nitrogens with zero attached hydrogens (tertiary/aromatic N) is 1. The summed E-state index contributed by atoms with van der Waals surface area (Å²) in [6.45, 7) is 8.67. The van der Waals surface area contributed by atoms with Gasteiger partial charge in [-0.05, 0) is 38.5 Å². The van der Waals surface area contributed by atoms with Gasteiger partial charge in [0.25, 0.3) is 0 Å². The molecule has 0 bridgehead atoms. The lowest BCUT2D eigenvalue weighted by atomic mass is 10.0. The molecule has 1 saturated heterocycles. The second-order valence-electron chi connectivity index (χ2n) is 6.19. The molecule has 3 nitrogen and oxygen atoms in total. The van der Waals surface area contributed by atoms with Crippen molar-refractivity contribution in [1.82, 2.24) is 4.90 Å². The van der Waals surface area contributed by atoms with Crippen LogP contribution < -0.4 is 5.73 Å². The van der Waals surface area contributed by atoms with Gasteiger partial charge in [-0.2, -0.15) is 0 Å². The van der Waals surface area contributed by atoms with E-state index in [1.807, 2.05) is 0 Å². The molecule has 3 unspecified atom stereocenters. The number of hydrogen-bond acceptors (Lipinski definition) is 3. The van der Waals surface area contributed by atoms with Crippen LogP contribution in [0.1, 0.15) is 46.5 Å². The lowest BCUT2D eigenvalue weighted by molar-refractivity contribution is -0.0102. The molecule has 17 heavy (non-hydrogen) atoms. The summed E-state index contributed by atoms with van der Waals surface area (Å²) in [5.41, 5.74) is 6.02. The van der Waals surface area contributed by atoms with Crippen molar-refractivity contribution in [3.05, 3.63) is 0 Å². The maximum atomic E-state index is 6.03. The van der Waals surface area contributed by atoms with Gasteiger partial charge in [0.1, 0.15) is 0 Å². The summed E-state index contributed by atoms with van der Waals surface area (Å²) in [4.78, 5) is 2.63. The maximum absolute atomic E-state index is 6.03. The second kappa shape index (κ2) is 5.68. The molecule has 0 aromatic carbocycles. The van der Waals surface area contributed by atoms with E-state index in [2.05, 4.69) is 25.7 Å². The molecule has 100 valence electrons. The van der Waals surface area contributed by atoms with Crippen LogP contribution in [0.3, 0.4) is 0 Å². The summed E-state index contributed by atoms with van der Waals surface area (Å²) in [7, 11) is 0. The number of nitrogens with two attached hydrogens (primary N) is 1. The van der Waals surface area contributed by atoms with Crippen LogP contribution in [0.5, 0.6) is 0 Å². The van der Waals surface area contributed by atoms with Crippen LogP contribution in [0.4, 0.5) is 0 Å². The van der Waals surface area contributed by atoms with Gasteiger partial charge in [0, 0.05) is 25.2 Å². The maximum Gasteiger partial charge on any atom is 0.0747 e. The smallest absolute Gasteiger partial charge is 0.0747 e. The Kier molecular flexibility index (Phi) is 4.45. The lowest BCUT2D eigenvalue weighted by Crippen LogP contribution is -2.50. The first-order chi connectivity index (χ1) is 8.11. The number of hydrogen-bond donors (Lipinski definition) is 1. The van der Waals surface area contributed by atoms with Crippen molar-refractivity contribution in [2.45, 2.75) is 70.7 Å². The summed E-state index contributed by atoms with van der Waals surface area (Å²) in [6, 6.07) is 1.22. The Morgan fingerprint density at radius 2 is 1.94 bits per heavy atom. The zero-order valence-electron chi connectivity index (χ0n) is 11.6. The van der Waals surface area contributed by atoms with E-state index in [0.29, 0.717) is 24.2 Å². The van der Waals surface area contributed by atoms with Crippen LogP contribution in [-0.4, -0.2) is 42.3 Å². The topological polar surface area (TPSA) is 38.5 Å². The van der Waals surface area contributed by atoms with Gasteiger partial charge in [-0.1, -0.05) is 13.8 Å². The fraction of sp³-hybridized carbons (Fsp3) is 1.00. The summed E-state index contributed by atoms with van der Waals surface area (Å²) in [5, 5.41) is 0. The Balaban J connectivity index is 1.98. The standard InChI is InChI=1S/C14H28N2O/c1-10(2)9-16(12-5-6-12)13(8-15)14-7-4-11(3)17-14/h10-14H,4-9,15H2,1-3H3. The van der Waals surface area contributed by atoms with Crippen LogP contribution in [-0.2, 0) is 4.74 Å². The number of ether oxygens (including phenoxy) is 1. The predicted octanol–water partition coefficient (Wildman–Crippen LogP) is 2.00. The van der Waals surface area contributed by atoms with Crippen LogP contribution in [0.2, 0.25) is 0 Å². The average Bonchev–Trinajstić information content (AvgIpc) is 3.02. The van der Waals surface area contributed by atoms with Crippen molar-refractivity contribution in [3.8, 4) is 0 Å². The van der Waals surface area contributed by atoms with E-state index < -0.39 is 0 Å². The van der Waals surface area contributed by atoms with Gasteiger partial charge in [-0.25, -0.2) is 0 Å². The van der Waals surface area contributed by atoms with Gasteiger partial charge in [0.2, 0.25) is 0 Å². The fourth-order valence-electron chi connectivity index (χ4n) is 3.00. The zero-order chi connectivity index (χ0) is 12.4. The second-order valence-corrected chi connectivity index (χ2v) is 6.19. The van der Waals surface area contributed by atoms with Crippen LogP contribution >= 0.6 is 0 Å². The van der Waals surface area contributed by atoms with E-state index >= 15 is 0 Å². The molecule has 1 aliphatic heterocycles. The van der Waals surface area contributed by atoms with Gasteiger partial charge in [-0.15, -0.1) is 0 Å². The molecule has 0 aromatic rings. The summed E-state index contributed by atoms with van der Waals surface area (Å²) >= 11 is 0. The van der Waals surface area contributed by atoms with E-state index in [1.54, 1.807) is 0 Å². The van der Waals surface area contributed by atoms with Crippen LogP contribution in [0, 0.1) is 5.92 Å².